The fourth-order valence-corrected chi connectivity index (χ4v) is 3.83. The summed E-state index contributed by atoms with van der Waals surface area (Å²) in [5.41, 5.74) is 5.60. The Morgan fingerprint density at radius 1 is 1.35 bits per heavy atom. The van der Waals surface area contributed by atoms with E-state index in [1.807, 2.05) is 6.92 Å². The Hall–Kier alpha value is -1.31. The van der Waals surface area contributed by atoms with Crippen molar-refractivity contribution in [3.63, 3.8) is 0 Å². The van der Waals surface area contributed by atoms with Crippen LogP contribution < -0.4 is 15.2 Å². The quantitative estimate of drug-likeness (QED) is 0.813. The Bertz CT molecular complexity index is 580. The predicted octanol–water partition coefficient (Wildman–Crippen LogP) is 1.12. The molecule has 0 saturated carbocycles. The monoisotopic (exact) mass is 300 g/mol. The second-order valence-electron chi connectivity index (χ2n) is 5.19. The Balaban J connectivity index is 2.30. The lowest BCUT2D eigenvalue weighted by Crippen LogP contribution is -2.49. The fraction of sp³-hybridized carbons (Fsp3) is 0.538. The molecule has 0 atom stereocenters. The van der Waals surface area contributed by atoms with Gasteiger partial charge in [0.15, 0.2) is 0 Å². The Morgan fingerprint density at radius 3 is 2.60 bits per heavy atom. The summed E-state index contributed by atoms with van der Waals surface area (Å²) in [7, 11) is -2.24. The van der Waals surface area contributed by atoms with E-state index in [1.165, 1.54) is 19.2 Å². The molecule has 3 N–H and O–H groups in total. The summed E-state index contributed by atoms with van der Waals surface area (Å²) in [6.45, 7) is 2.99. The third-order valence-corrected chi connectivity index (χ3v) is 5.13. The van der Waals surface area contributed by atoms with Crippen LogP contribution in [0.4, 0.5) is 5.69 Å². The van der Waals surface area contributed by atoms with E-state index in [2.05, 4.69) is 4.72 Å². The first kappa shape index (κ1) is 15.1. The van der Waals surface area contributed by atoms with Crippen LogP contribution in [0.2, 0.25) is 0 Å². The van der Waals surface area contributed by atoms with Crippen LogP contribution in [0, 0.1) is 0 Å². The minimum atomic E-state index is -3.66. The van der Waals surface area contributed by atoms with Crippen molar-refractivity contribution < 1.29 is 17.9 Å². The van der Waals surface area contributed by atoms with Gasteiger partial charge in [0.05, 0.1) is 7.11 Å². The molecule has 1 aromatic rings. The van der Waals surface area contributed by atoms with Gasteiger partial charge in [0.2, 0.25) is 10.0 Å². The van der Waals surface area contributed by atoms with Crippen LogP contribution in [-0.2, 0) is 14.8 Å². The summed E-state index contributed by atoms with van der Waals surface area (Å²) < 4.78 is 38.2. The SMILES string of the molecule is COc1cc(N)ccc1S(=O)(=O)NC1(C)CCOCC1. The molecule has 0 aromatic heterocycles. The van der Waals surface area contributed by atoms with Crippen molar-refractivity contribution in [3.05, 3.63) is 18.2 Å². The highest BCUT2D eigenvalue weighted by Crippen LogP contribution is 2.29. The second kappa shape index (κ2) is 5.59. The van der Waals surface area contributed by atoms with Gasteiger partial charge in [-0.3, -0.25) is 0 Å². The van der Waals surface area contributed by atoms with E-state index in [4.69, 9.17) is 15.2 Å². The maximum atomic E-state index is 12.5. The third kappa shape index (κ3) is 3.23. The number of nitrogens with one attached hydrogen (secondary N) is 1. The van der Waals surface area contributed by atoms with Gasteiger partial charge in [-0.1, -0.05) is 0 Å². The van der Waals surface area contributed by atoms with Crippen LogP contribution >= 0.6 is 0 Å². The van der Waals surface area contributed by atoms with Gasteiger partial charge in [-0.25, -0.2) is 13.1 Å². The highest BCUT2D eigenvalue weighted by molar-refractivity contribution is 7.89. The van der Waals surface area contributed by atoms with E-state index in [0.29, 0.717) is 31.7 Å². The number of hydrogen-bond acceptors (Lipinski definition) is 5. The van der Waals surface area contributed by atoms with Gasteiger partial charge < -0.3 is 15.2 Å². The zero-order valence-electron chi connectivity index (χ0n) is 11.7. The van der Waals surface area contributed by atoms with Crippen LogP contribution in [0.25, 0.3) is 0 Å². The molecule has 1 aromatic carbocycles. The number of sulfonamides is 1. The van der Waals surface area contributed by atoms with Gasteiger partial charge in [0.1, 0.15) is 10.6 Å². The molecule has 0 bridgehead atoms. The number of anilines is 1. The zero-order chi connectivity index (χ0) is 14.8. The Morgan fingerprint density at radius 2 is 2.00 bits per heavy atom. The lowest BCUT2D eigenvalue weighted by molar-refractivity contribution is 0.0537. The van der Waals surface area contributed by atoms with Crippen molar-refractivity contribution in [1.29, 1.82) is 0 Å². The molecule has 2 rings (SSSR count). The molecule has 1 aliphatic rings. The molecule has 20 heavy (non-hydrogen) atoms. The molecule has 1 aliphatic heterocycles. The van der Waals surface area contributed by atoms with Gasteiger partial charge >= 0.3 is 0 Å². The summed E-state index contributed by atoms with van der Waals surface area (Å²) in [5.74, 6) is 0.244. The molecular weight excluding hydrogens is 280 g/mol. The lowest BCUT2D eigenvalue weighted by Gasteiger charge is -2.34. The van der Waals surface area contributed by atoms with Gasteiger partial charge in [0, 0.05) is 30.5 Å². The molecule has 0 spiro atoms. The van der Waals surface area contributed by atoms with E-state index >= 15 is 0 Å². The van der Waals surface area contributed by atoms with Crippen molar-refractivity contribution in [1.82, 2.24) is 4.72 Å². The van der Waals surface area contributed by atoms with Crippen molar-refractivity contribution in [3.8, 4) is 5.75 Å². The molecule has 1 saturated heterocycles. The first-order chi connectivity index (χ1) is 9.36. The van der Waals surface area contributed by atoms with E-state index in [1.54, 1.807) is 6.07 Å². The van der Waals surface area contributed by atoms with Crippen molar-refractivity contribution in [2.75, 3.05) is 26.1 Å². The molecule has 1 heterocycles. The molecule has 6 nitrogen and oxygen atoms in total. The Kier molecular flexibility index (Phi) is 4.22. The van der Waals surface area contributed by atoms with Crippen LogP contribution in [-0.4, -0.2) is 34.3 Å². The van der Waals surface area contributed by atoms with Gasteiger partial charge in [-0.15, -0.1) is 0 Å². The van der Waals surface area contributed by atoms with Crippen molar-refractivity contribution in [2.24, 2.45) is 0 Å². The second-order valence-corrected chi connectivity index (χ2v) is 6.84. The topological polar surface area (TPSA) is 90.7 Å². The van der Waals surface area contributed by atoms with Crippen molar-refractivity contribution in [2.45, 2.75) is 30.2 Å². The molecule has 7 heteroatoms. The summed E-state index contributed by atoms with van der Waals surface area (Å²) >= 11 is 0. The minimum absolute atomic E-state index is 0.0990. The van der Waals surface area contributed by atoms with Crippen LogP contribution in [0.3, 0.4) is 0 Å². The van der Waals surface area contributed by atoms with Crippen LogP contribution in [0.15, 0.2) is 23.1 Å². The molecule has 0 radical (unpaired) electrons. The van der Waals surface area contributed by atoms with Gasteiger partial charge in [0.25, 0.3) is 0 Å². The number of nitrogens with two attached hydrogens (primary N) is 1. The molecule has 0 unspecified atom stereocenters. The van der Waals surface area contributed by atoms with Crippen molar-refractivity contribution >= 4 is 15.7 Å². The predicted molar refractivity (Wildman–Crippen MR) is 76.2 cm³/mol. The lowest BCUT2D eigenvalue weighted by atomic mass is 9.94. The van der Waals surface area contributed by atoms with E-state index in [-0.39, 0.29) is 10.6 Å². The number of hydrogen-bond donors (Lipinski definition) is 2. The largest absolute Gasteiger partial charge is 0.495 e. The summed E-state index contributed by atoms with van der Waals surface area (Å²) in [4.78, 5) is 0.0990. The van der Waals surface area contributed by atoms with Crippen LogP contribution in [0.1, 0.15) is 19.8 Å². The Labute approximate surface area is 119 Å². The number of benzene rings is 1. The standard InChI is InChI=1S/C13H20N2O4S/c1-13(5-7-19-8-6-13)15-20(16,17)12-4-3-10(14)9-11(12)18-2/h3-4,9,15H,5-8,14H2,1-2H3. The number of rotatable bonds is 4. The summed E-state index contributed by atoms with van der Waals surface area (Å²) in [5, 5.41) is 0. The fourth-order valence-electron chi connectivity index (χ4n) is 2.21. The normalized spacial score (nSPS) is 18.7. The molecule has 1 fully saturated rings. The highest BCUT2D eigenvalue weighted by Gasteiger charge is 2.33. The van der Waals surface area contributed by atoms with Gasteiger partial charge in [-0.2, -0.15) is 0 Å². The smallest absolute Gasteiger partial charge is 0.244 e. The maximum absolute atomic E-state index is 12.5. The maximum Gasteiger partial charge on any atom is 0.244 e. The van der Waals surface area contributed by atoms with E-state index in [9.17, 15) is 8.42 Å². The number of methoxy groups -OCH3 is 1. The molecule has 0 amide bonds. The van der Waals surface area contributed by atoms with Gasteiger partial charge in [-0.05, 0) is 31.9 Å². The third-order valence-electron chi connectivity index (χ3n) is 3.45. The zero-order valence-corrected chi connectivity index (χ0v) is 12.5. The average Bonchev–Trinajstić information content (AvgIpc) is 2.37. The van der Waals surface area contributed by atoms with Crippen LogP contribution in [0.5, 0.6) is 5.75 Å². The number of nitrogen functional groups attached to an aromatic ring is 1. The molecular formula is C13H20N2O4S. The highest BCUT2D eigenvalue weighted by atomic mass is 32.2. The summed E-state index contributed by atoms with van der Waals surface area (Å²) in [6.07, 6.45) is 1.28. The average molecular weight is 300 g/mol. The molecule has 112 valence electrons. The summed E-state index contributed by atoms with van der Waals surface area (Å²) in [6, 6.07) is 4.50. The number of ether oxygens (including phenoxy) is 2. The molecule has 0 aliphatic carbocycles. The van der Waals surface area contributed by atoms with E-state index in [0.717, 1.165) is 0 Å². The van der Waals surface area contributed by atoms with E-state index < -0.39 is 15.6 Å². The first-order valence-electron chi connectivity index (χ1n) is 6.42. The minimum Gasteiger partial charge on any atom is -0.495 e. The first-order valence-corrected chi connectivity index (χ1v) is 7.90.